The largest absolute Gasteiger partial charge is 0.333 e. The van der Waals surface area contributed by atoms with Crippen molar-refractivity contribution in [1.82, 2.24) is 20.3 Å². The number of halogens is 3. The van der Waals surface area contributed by atoms with Crippen LogP contribution in [0.25, 0.3) is 11.3 Å². The normalized spacial score (nSPS) is 16.0. The summed E-state index contributed by atoms with van der Waals surface area (Å²) in [5.41, 5.74) is 1.75. The van der Waals surface area contributed by atoms with Crippen LogP contribution in [0.5, 0.6) is 0 Å². The first-order valence-electron chi connectivity index (χ1n) is 12.1. The van der Waals surface area contributed by atoms with Gasteiger partial charge in [-0.05, 0) is 62.6 Å². The molecular weight excluding hydrogens is 469 g/mol. The van der Waals surface area contributed by atoms with Crippen LogP contribution >= 0.6 is 0 Å². The number of nitrogens with zero attached hydrogens (tertiary/aromatic N) is 5. The van der Waals surface area contributed by atoms with Crippen LogP contribution < -0.4 is 15.2 Å². The van der Waals surface area contributed by atoms with Crippen LogP contribution in [0.3, 0.4) is 0 Å². The van der Waals surface area contributed by atoms with Crippen molar-refractivity contribution in [3.63, 3.8) is 0 Å². The first-order valence-corrected chi connectivity index (χ1v) is 12.1. The first-order chi connectivity index (χ1) is 17.4. The summed E-state index contributed by atoms with van der Waals surface area (Å²) in [6, 6.07) is 7.11. The zero-order valence-electron chi connectivity index (χ0n) is 20.2. The smallest absolute Gasteiger partial charge is 0.328 e. The first kappa shape index (κ1) is 24.1. The molecule has 0 bridgehead atoms. The number of piperidine rings is 1. The molecule has 0 aliphatic carbocycles. The zero-order chi connectivity index (χ0) is 25.4. The van der Waals surface area contributed by atoms with Crippen molar-refractivity contribution < 1.29 is 18.0 Å². The van der Waals surface area contributed by atoms with E-state index in [2.05, 4.69) is 10.3 Å². The van der Waals surface area contributed by atoms with Gasteiger partial charge in [-0.1, -0.05) is 12.5 Å². The molecule has 0 saturated carbocycles. The molecule has 0 radical (unpaired) electrons. The van der Waals surface area contributed by atoms with Gasteiger partial charge in [-0.15, -0.1) is 0 Å². The minimum atomic E-state index is -0.888. The Labute approximate surface area is 207 Å². The van der Waals surface area contributed by atoms with Crippen LogP contribution in [-0.4, -0.2) is 40.6 Å². The molecule has 2 aromatic carbocycles. The molecule has 1 saturated heterocycles. The second kappa shape index (κ2) is 9.77. The molecule has 0 atom stereocenters. The standard InChI is InChI=1S/C26H27F3N6O/c1-3-34(33-12-5-4-6-13-33)25-31-22(18-11-10-17(27)14-16(18)2)19-15-30-26(36)35(24(19)32-25)23-20(28)8-7-9-21(23)29/h7-11,14H,3-6,12-13,15H2,1-2H3,(H,30,36). The summed E-state index contributed by atoms with van der Waals surface area (Å²) in [6.45, 7) is 6.01. The van der Waals surface area contributed by atoms with E-state index in [1.165, 1.54) is 18.2 Å². The Hall–Kier alpha value is -3.66. The van der Waals surface area contributed by atoms with E-state index in [1.807, 2.05) is 11.9 Å². The molecule has 0 spiro atoms. The van der Waals surface area contributed by atoms with Gasteiger partial charge in [0.05, 0.1) is 12.2 Å². The van der Waals surface area contributed by atoms with Crippen molar-refractivity contribution in [2.24, 2.45) is 0 Å². The third-order valence-electron chi connectivity index (χ3n) is 6.61. The minimum Gasteiger partial charge on any atom is -0.333 e. The van der Waals surface area contributed by atoms with E-state index >= 15 is 0 Å². The number of hydrogen-bond donors (Lipinski definition) is 1. The Bertz CT molecular complexity index is 1290. The fraction of sp³-hybridized carbons (Fsp3) is 0.346. The Morgan fingerprint density at radius 3 is 2.42 bits per heavy atom. The van der Waals surface area contributed by atoms with E-state index in [-0.39, 0.29) is 18.2 Å². The summed E-state index contributed by atoms with van der Waals surface area (Å²) in [5, 5.41) is 6.77. The molecule has 10 heteroatoms. The number of benzene rings is 2. The lowest BCUT2D eigenvalue weighted by Crippen LogP contribution is -2.47. The number of carbonyl (C=O) groups is 1. The van der Waals surface area contributed by atoms with Crippen molar-refractivity contribution in [3.8, 4) is 11.3 Å². The number of amides is 2. The third kappa shape index (κ3) is 4.26. The lowest BCUT2D eigenvalue weighted by atomic mass is 10.00. The predicted octanol–water partition coefficient (Wildman–Crippen LogP) is 5.46. The fourth-order valence-corrected chi connectivity index (χ4v) is 4.88. The van der Waals surface area contributed by atoms with Crippen LogP contribution in [0.1, 0.15) is 37.3 Å². The number of aromatic nitrogens is 2. The maximum atomic E-state index is 14.9. The van der Waals surface area contributed by atoms with Crippen molar-refractivity contribution in [3.05, 3.63) is 65.0 Å². The van der Waals surface area contributed by atoms with Crippen LogP contribution in [0.4, 0.5) is 35.4 Å². The molecule has 2 aliphatic rings. The maximum Gasteiger partial charge on any atom is 0.328 e. The maximum absolute atomic E-state index is 14.9. The summed E-state index contributed by atoms with van der Waals surface area (Å²) in [7, 11) is 0. The highest BCUT2D eigenvalue weighted by Crippen LogP contribution is 2.39. The van der Waals surface area contributed by atoms with Gasteiger partial charge in [-0.25, -0.2) is 32.9 Å². The van der Waals surface area contributed by atoms with Gasteiger partial charge in [0.25, 0.3) is 0 Å². The molecule has 1 aromatic heterocycles. The second-order valence-corrected chi connectivity index (χ2v) is 8.93. The van der Waals surface area contributed by atoms with Crippen LogP contribution in [0.2, 0.25) is 0 Å². The SMILES string of the molecule is CCN(c1nc(-c2ccc(F)cc2C)c2c(n1)N(c1c(F)cccc1F)C(=O)NC2)N1CCCCC1. The van der Waals surface area contributed by atoms with E-state index < -0.39 is 23.4 Å². The molecule has 0 unspecified atom stereocenters. The third-order valence-corrected chi connectivity index (χ3v) is 6.61. The Balaban J connectivity index is 1.76. The molecule has 7 nitrogen and oxygen atoms in total. The molecule has 2 aliphatic heterocycles. The highest BCUT2D eigenvalue weighted by molar-refractivity contribution is 6.02. The van der Waals surface area contributed by atoms with E-state index in [0.29, 0.717) is 34.9 Å². The molecule has 188 valence electrons. The molecule has 1 fully saturated rings. The molecule has 36 heavy (non-hydrogen) atoms. The number of rotatable bonds is 5. The van der Waals surface area contributed by atoms with Crippen LogP contribution in [-0.2, 0) is 6.54 Å². The van der Waals surface area contributed by atoms with Gasteiger partial charge in [0.1, 0.15) is 23.1 Å². The van der Waals surface area contributed by atoms with E-state index in [0.717, 1.165) is 49.4 Å². The quantitative estimate of drug-likeness (QED) is 0.508. The molecule has 1 N–H and O–H groups in total. The van der Waals surface area contributed by atoms with Crippen molar-refractivity contribution in [1.29, 1.82) is 0 Å². The summed E-state index contributed by atoms with van der Waals surface area (Å²) < 4.78 is 43.7. The molecule has 3 heterocycles. The van der Waals surface area contributed by atoms with Gasteiger partial charge in [-0.2, -0.15) is 4.98 Å². The topological polar surface area (TPSA) is 64.6 Å². The Morgan fingerprint density at radius 2 is 1.75 bits per heavy atom. The second-order valence-electron chi connectivity index (χ2n) is 8.93. The Morgan fingerprint density at radius 1 is 1.03 bits per heavy atom. The lowest BCUT2D eigenvalue weighted by Gasteiger charge is -2.38. The zero-order valence-corrected chi connectivity index (χ0v) is 20.2. The number of aryl methyl sites for hydroxylation is 1. The lowest BCUT2D eigenvalue weighted by molar-refractivity contribution is 0.207. The number of fused-ring (bicyclic) bond motifs is 1. The average Bonchev–Trinajstić information content (AvgIpc) is 2.86. The highest BCUT2D eigenvalue weighted by atomic mass is 19.1. The monoisotopic (exact) mass is 496 g/mol. The van der Waals surface area contributed by atoms with E-state index in [1.54, 1.807) is 13.0 Å². The number of urea groups is 1. The van der Waals surface area contributed by atoms with Crippen molar-refractivity contribution >= 4 is 23.5 Å². The number of para-hydroxylation sites is 1. The molecule has 3 aromatic rings. The average molecular weight is 497 g/mol. The van der Waals surface area contributed by atoms with Crippen LogP contribution in [0, 0.1) is 24.4 Å². The molecule has 2 amide bonds. The van der Waals surface area contributed by atoms with Crippen LogP contribution in [0.15, 0.2) is 36.4 Å². The van der Waals surface area contributed by atoms with Gasteiger partial charge in [0.2, 0.25) is 5.95 Å². The summed E-state index contributed by atoms with van der Waals surface area (Å²) >= 11 is 0. The van der Waals surface area contributed by atoms with Crippen molar-refractivity contribution in [2.75, 3.05) is 29.5 Å². The molecule has 5 rings (SSSR count). The predicted molar refractivity (Wildman–Crippen MR) is 131 cm³/mol. The van der Waals surface area contributed by atoms with Crippen molar-refractivity contribution in [2.45, 2.75) is 39.7 Å². The molecular formula is C26H27F3N6O. The number of carbonyl (C=O) groups excluding carboxylic acids is 1. The highest BCUT2D eigenvalue weighted by Gasteiger charge is 2.35. The number of nitrogens with one attached hydrogen (secondary N) is 1. The number of hydrazine groups is 1. The number of anilines is 3. The number of hydrogen-bond acceptors (Lipinski definition) is 5. The van der Waals surface area contributed by atoms with Gasteiger partial charge >= 0.3 is 6.03 Å². The summed E-state index contributed by atoms with van der Waals surface area (Å²) in [4.78, 5) is 23.5. The van der Waals surface area contributed by atoms with Gasteiger partial charge in [0.15, 0.2) is 5.82 Å². The van der Waals surface area contributed by atoms with Gasteiger partial charge in [0, 0.05) is 30.8 Å². The van der Waals surface area contributed by atoms with Gasteiger partial charge in [-0.3, -0.25) is 5.01 Å². The summed E-state index contributed by atoms with van der Waals surface area (Å²) in [5.74, 6) is -1.75. The summed E-state index contributed by atoms with van der Waals surface area (Å²) in [6.07, 6.45) is 3.19. The van der Waals surface area contributed by atoms with E-state index in [4.69, 9.17) is 9.97 Å². The fourth-order valence-electron chi connectivity index (χ4n) is 4.88. The minimum absolute atomic E-state index is 0.0585. The van der Waals surface area contributed by atoms with E-state index in [9.17, 15) is 18.0 Å². The Kier molecular flexibility index (Phi) is 6.53. The van der Waals surface area contributed by atoms with Gasteiger partial charge < -0.3 is 5.32 Å².